The van der Waals surface area contributed by atoms with Gasteiger partial charge in [-0.3, -0.25) is 4.90 Å². The Hall–Kier alpha value is -2.20. The van der Waals surface area contributed by atoms with Crippen molar-refractivity contribution >= 4 is 5.97 Å². The van der Waals surface area contributed by atoms with Gasteiger partial charge in [0.25, 0.3) is 0 Å². The van der Waals surface area contributed by atoms with Gasteiger partial charge < -0.3 is 5.11 Å². The van der Waals surface area contributed by atoms with Crippen molar-refractivity contribution in [2.24, 2.45) is 0 Å². The molecule has 3 rings (SSSR count). The van der Waals surface area contributed by atoms with Gasteiger partial charge in [0.15, 0.2) is 0 Å². The Kier molecular flexibility index (Phi) is 4.72. The molecule has 0 amide bonds. The van der Waals surface area contributed by atoms with E-state index in [2.05, 4.69) is 41.1 Å². The molecule has 4 heteroatoms. The van der Waals surface area contributed by atoms with E-state index in [1.54, 1.807) is 12.3 Å². The van der Waals surface area contributed by atoms with E-state index in [9.17, 15) is 4.79 Å². The molecule has 0 aliphatic carbocycles. The Morgan fingerprint density at radius 1 is 1.09 bits per heavy atom. The molecule has 23 heavy (non-hydrogen) atoms. The Bertz CT molecular complexity index is 676. The summed E-state index contributed by atoms with van der Waals surface area (Å²) in [5.74, 6) is -0.998. The fourth-order valence-electron chi connectivity index (χ4n) is 3.20. The van der Waals surface area contributed by atoms with Crippen molar-refractivity contribution in [1.29, 1.82) is 0 Å². The third-order valence-corrected chi connectivity index (χ3v) is 4.64. The van der Waals surface area contributed by atoms with Crippen molar-refractivity contribution in [3.63, 3.8) is 0 Å². The van der Waals surface area contributed by atoms with Crippen molar-refractivity contribution in [3.8, 4) is 11.1 Å². The van der Waals surface area contributed by atoms with E-state index in [-0.39, 0.29) is 5.69 Å². The number of rotatable bonds is 4. The summed E-state index contributed by atoms with van der Waals surface area (Å²) in [5.41, 5.74) is 3.29. The fraction of sp³-hybridized carbons (Fsp3) is 0.368. The van der Waals surface area contributed by atoms with Gasteiger partial charge in [-0.2, -0.15) is 0 Å². The molecule has 0 unspecified atom stereocenters. The lowest BCUT2D eigenvalue weighted by atomic mass is 9.99. The second-order valence-corrected chi connectivity index (χ2v) is 6.13. The standard InChI is InChI=1S/C19H22N2O2/c1-14(21-11-3-2-4-12-21)15-5-7-16(8-6-15)17-9-10-20-18(13-17)19(22)23/h5-10,13-14H,2-4,11-12H2,1H3,(H,22,23)/t14-/m1/s1. The molecule has 1 aromatic carbocycles. The largest absolute Gasteiger partial charge is 0.477 e. The van der Waals surface area contributed by atoms with Crippen LogP contribution in [0, 0.1) is 0 Å². The van der Waals surface area contributed by atoms with Crippen LogP contribution >= 0.6 is 0 Å². The predicted octanol–water partition coefficient (Wildman–Crippen LogP) is 3.99. The van der Waals surface area contributed by atoms with Crippen LogP contribution in [0.4, 0.5) is 0 Å². The molecule has 1 N–H and O–H groups in total. The quantitative estimate of drug-likeness (QED) is 0.927. The van der Waals surface area contributed by atoms with E-state index >= 15 is 0 Å². The lowest BCUT2D eigenvalue weighted by Crippen LogP contribution is -2.32. The molecule has 1 atom stereocenters. The second-order valence-electron chi connectivity index (χ2n) is 6.13. The summed E-state index contributed by atoms with van der Waals surface area (Å²) < 4.78 is 0. The molecule has 1 aromatic heterocycles. The van der Waals surface area contributed by atoms with Crippen LogP contribution in [0.5, 0.6) is 0 Å². The maximum absolute atomic E-state index is 11.0. The smallest absolute Gasteiger partial charge is 0.354 e. The van der Waals surface area contributed by atoms with Gasteiger partial charge in [-0.05, 0) is 61.7 Å². The third kappa shape index (κ3) is 3.59. The maximum atomic E-state index is 11.0. The minimum Gasteiger partial charge on any atom is -0.477 e. The van der Waals surface area contributed by atoms with Crippen LogP contribution in [0.25, 0.3) is 11.1 Å². The first kappa shape index (κ1) is 15.7. The number of aromatic nitrogens is 1. The summed E-state index contributed by atoms with van der Waals surface area (Å²) in [4.78, 5) is 17.4. The van der Waals surface area contributed by atoms with Gasteiger partial charge in [0, 0.05) is 12.2 Å². The van der Waals surface area contributed by atoms with Crippen LogP contribution < -0.4 is 0 Å². The van der Waals surface area contributed by atoms with Crippen LogP contribution in [0.3, 0.4) is 0 Å². The van der Waals surface area contributed by atoms with Crippen LogP contribution in [0.2, 0.25) is 0 Å². The number of hydrogen-bond donors (Lipinski definition) is 1. The average molecular weight is 310 g/mol. The molecular weight excluding hydrogens is 288 g/mol. The topological polar surface area (TPSA) is 53.4 Å². The number of benzene rings is 1. The lowest BCUT2D eigenvalue weighted by Gasteiger charge is -2.32. The Labute approximate surface area is 136 Å². The predicted molar refractivity (Wildman–Crippen MR) is 90.5 cm³/mol. The summed E-state index contributed by atoms with van der Waals surface area (Å²) in [6.45, 7) is 4.61. The molecule has 1 aliphatic heterocycles. The zero-order valence-electron chi connectivity index (χ0n) is 13.4. The summed E-state index contributed by atoms with van der Waals surface area (Å²) in [6.07, 6.45) is 5.47. The lowest BCUT2D eigenvalue weighted by molar-refractivity contribution is 0.0690. The fourth-order valence-corrected chi connectivity index (χ4v) is 3.20. The minimum absolute atomic E-state index is 0.0771. The molecule has 1 saturated heterocycles. The summed E-state index contributed by atoms with van der Waals surface area (Å²) in [5, 5.41) is 9.05. The third-order valence-electron chi connectivity index (χ3n) is 4.64. The van der Waals surface area contributed by atoms with Gasteiger partial charge in [-0.1, -0.05) is 30.7 Å². The number of likely N-dealkylation sites (tertiary alicyclic amines) is 1. The highest BCUT2D eigenvalue weighted by molar-refractivity contribution is 5.87. The Balaban J connectivity index is 1.79. The van der Waals surface area contributed by atoms with E-state index in [1.807, 2.05) is 6.07 Å². The zero-order valence-corrected chi connectivity index (χ0v) is 13.4. The number of carboxylic acids is 1. The van der Waals surface area contributed by atoms with Crippen LogP contribution in [-0.2, 0) is 0 Å². The molecule has 1 aliphatic rings. The van der Waals surface area contributed by atoms with Crippen molar-refractivity contribution in [2.75, 3.05) is 13.1 Å². The first-order chi connectivity index (χ1) is 11.1. The first-order valence-electron chi connectivity index (χ1n) is 8.19. The van der Waals surface area contributed by atoms with Crippen LogP contribution in [0.1, 0.15) is 48.3 Å². The van der Waals surface area contributed by atoms with Crippen molar-refractivity contribution in [2.45, 2.75) is 32.2 Å². The number of carboxylic acid groups (broad SMARTS) is 1. The van der Waals surface area contributed by atoms with E-state index in [1.165, 1.54) is 37.9 Å². The van der Waals surface area contributed by atoms with Crippen molar-refractivity contribution in [1.82, 2.24) is 9.88 Å². The Morgan fingerprint density at radius 3 is 2.43 bits per heavy atom. The molecular formula is C19H22N2O2. The highest BCUT2D eigenvalue weighted by Crippen LogP contribution is 2.27. The molecule has 0 radical (unpaired) electrons. The van der Waals surface area contributed by atoms with Gasteiger partial charge in [0.05, 0.1) is 0 Å². The maximum Gasteiger partial charge on any atom is 0.354 e. The van der Waals surface area contributed by atoms with E-state index in [0.29, 0.717) is 6.04 Å². The van der Waals surface area contributed by atoms with Gasteiger partial charge in [0.2, 0.25) is 0 Å². The summed E-state index contributed by atoms with van der Waals surface area (Å²) >= 11 is 0. The summed E-state index contributed by atoms with van der Waals surface area (Å²) in [6, 6.07) is 12.3. The van der Waals surface area contributed by atoms with Gasteiger partial charge in [-0.25, -0.2) is 9.78 Å². The molecule has 0 spiro atoms. The van der Waals surface area contributed by atoms with Crippen LogP contribution in [-0.4, -0.2) is 34.0 Å². The van der Waals surface area contributed by atoms with Gasteiger partial charge in [0.1, 0.15) is 5.69 Å². The molecule has 2 aromatic rings. The Morgan fingerprint density at radius 2 is 1.78 bits per heavy atom. The van der Waals surface area contributed by atoms with E-state index in [0.717, 1.165) is 11.1 Å². The minimum atomic E-state index is -0.998. The number of carbonyl (C=O) groups is 1. The number of piperidine rings is 1. The number of hydrogen-bond acceptors (Lipinski definition) is 3. The SMILES string of the molecule is C[C@H](c1ccc(-c2ccnc(C(=O)O)c2)cc1)N1CCCCC1. The highest BCUT2D eigenvalue weighted by Gasteiger charge is 2.18. The van der Waals surface area contributed by atoms with Crippen LogP contribution in [0.15, 0.2) is 42.6 Å². The van der Waals surface area contributed by atoms with Gasteiger partial charge >= 0.3 is 5.97 Å². The first-order valence-corrected chi connectivity index (χ1v) is 8.19. The van der Waals surface area contributed by atoms with Gasteiger partial charge in [-0.15, -0.1) is 0 Å². The normalized spacial score (nSPS) is 16.9. The van der Waals surface area contributed by atoms with E-state index in [4.69, 9.17) is 5.11 Å². The number of pyridine rings is 1. The molecule has 120 valence electrons. The number of nitrogens with zero attached hydrogens (tertiary/aromatic N) is 2. The number of aromatic carboxylic acids is 1. The summed E-state index contributed by atoms with van der Waals surface area (Å²) in [7, 11) is 0. The molecule has 0 bridgehead atoms. The second kappa shape index (κ2) is 6.92. The molecule has 1 fully saturated rings. The van der Waals surface area contributed by atoms with Crippen molar-refractivity contribution in [3.05, 3.63) is 53.9 Å². The van der Waals surface area contributed by atoms with E-state index < -0.39 is 5.97 Å². The molecule has 2 heterocycles. The highest BCUT2D eigenvalue weighted by atomic mass is 16.4. The monoisotopic (exact) mass is 310 g/mol. The van der Waals surface area contributed by atoms with Crippen molar-refractivity contribution < 1.29 is 9.90 Å². The molecule has 0 saturated carbocycles. The zero-order chi connectivity index (χ0) is 16.2. The average Bonchev–Trinajstić information content (AvgIpc) is 2.62. The molecule has 4 nitrogen and oxygen atoms in total.